The number of nitrogens with one attached hydrogen (secondary N) is 2. The molecule has 1 fully saturated rings. The predicted molar refractivity (Wildman–Crippen MR) is 133 cm³/mol. The Bertz CT molecular complexity index is 1190. The second-order valence-electron chi connectivity index (χ2n) is 10.0. The highest BCUT2D eigenvalue weighted by molar-refractivity contribution is 6.04. The van der Waals surface area contributed by atoms with Gasteiger partial charge in [0, 0.05) is 36.0 Å². The molecule has 35 heavy (non-hydrogen) atoms. The van der Waals surface area contributed by atoms with E-state index in [0.717, 1.165) is 23.4 Å². The molecule has 2 aliphatic rings. The minimum absolute atomic E-state index is 0.0915. The highest BCUT2D eigenvalue weighted by Crippen LogP contribution is 2.33. The predicted octanol–water partition coefficient (Wildman–Crippen LogP) is 5.04. The zero-order valence-corrected chi connectivity index (χ0v) is 20.4. The molecule has 0 saturated heterocycles. The van der Waals surface area contributed by atoms with Crippen molar-refractivity contribution < 1.29 is 14.1 Å². The number of fused-ring (bicyclic) bond motifs is 1. The van der Waals surface area contributed by atoms with E-state index in [-0.39, 0.29) is 23.9 Å². The summed E-state index contributed by atoms with van der Waals surface area (Å²) in [4.78, 5) is 25.9. The van der Waals surface area contributed by atoms with Gasteiger partial charge in [0.1, 0.15) is 11.5 Å². The lowest BCUT2D eigenvalue weighted by atomic mass is 9.84. The van der Waals surface area contributed by atoms with Crippen LogP contribution in [0.3, 0.4) is 0 Å². The average Bonchev–Trinajstić information content (AvgIpc) is 3.53. The smallest absolute Gasteiger partial charge is 0.278 e. The molecule has 3 aromatic rings. The average molecular weight is 476 g/mol. The van der Waals surface area contributed by atoms with Crippen LogP contribution in [0, 0.1) is 0 Å². The van der Waals surface area contributed by atoms with E-state index in [1.54, 1.807) is 16.9 Å². The lowest BCUT2D eigenvalue weighted by Crippen LogP contribution is -2.40. The summed E-state index contributed by atoms with van der Waals surface area (Å²) in [6.07, 6.45) is 9.91. The van der Waals surface area contributed by atoms with Crippen molar-refractivity contribution in [3.63, 3.8) is 0 Å². The van der Waals surface area contributed by atoms with Gasteiger partial charge in [0.15, 0.2) is 5.69 Å². The van der Waals surface area contributed by atoms with E-state index in [1.165, 1.54) is 37.7 Å². The van der Waals surface area contributed by atoms with Gasteiger partial charge in [-0.3, -0.25) is 14.3 Å². The summed E-state index contributed by atoms with van der Waals surface area (Å²) in [5.41, 5.74) is 3.69. The Morgan fingerprint density at radius 1 is 1.03 bits per heavy atom. The first-order chi connectivity index (χ1) is 17.0. The molecule has 1 unspecified atom stereocenters. The van der Waals surface area contributed by atoms with Crippen molar-refractivity contribution in [2.24, 2.45) is 0 Å². The first-order valence-corrected chi connectivity index (χ1v) is 12.7. The van der Waals surface area contributed by atoms with E-state index < -0.39 is 0 Å². The van der Waals surface area contributed by atoms with Crippen LogP contribution in [-0.2, 0) is 12.8 Å². The molecule has 1 saturated carbocycles. The van der Waals surface area contributed by atoms with Gasteiger partial charge < -0.3 is 15.2 Å². The fraction of sp³-hybridized carbons (Fsp3) is 0.481. The van der Waals surface area contributed by atoms with E-state index in [2.05, 4.69) is 33.0 Å². The maximum atomic E-state index is 13.0. The van der Waals surface area contributed by atoms with Gasteiger partial charge in [0.2, 0.25) is 0 Å². The minimum atomic E-state index is -0.287. The molecule has 2 heterocycles. The second-order valence-corrected chi connectivity index (χ2v) is 10.0. The third kappa shape index (κ3) is 5.01. The number of aromatic nitrogens is 3. The van der Waals surface area contributed by atoms with Crippen LogP contribution in [0.1, 0.15) is 102 Å². The first-order valence-electron chi connectivity index (χ1n) is 12.7. The van der Waals surface area contributed by atoms with Crippen molar-refractivity contribution >= 4 is 17.5 Å². The minimum Gasteiger partial charge on any atom is -0.360 e. The maximum Gasteiger partial charge on any atom is 0.278 e. The van der Waals surface area contributed by atoms with Crippen LogP contribution in [0.2, 0.25) is 0 Å². The number of anilines is 1. The summed E-state index contributed by atoms with van der Waals surface area (Å²) in [6.45, 7) is 3.98. The van der Waals surface area contributed by atoms with Gasteiger partial charge in [-0.2, -0.15) is 5.10 Å². The van der Waals surface area contributed by atoms with Gasteiger partial charge in [-0.15, -0.1) is 0 Å². The SMILES string of the molecule is CC(C)n1nccc1C(=O)NC1CCc2onc(C(=O)Nc3ccc(C4CCCCC4)cc3)c2C1. The fourth-order valence-corrected chi connectivity index (χ4v) is 5.34. The van der Waals surface area contributed by atoms with Gasteiger partial charge in [-0.05, 0) is 69.2 Å². The van der Waals surface area contributed by atoms with Crippen molar-refractivity contribution in [2.75, 3.05) is 5.32 Å². The van der Waals surface area contributed by atoms with Crippen molar-refractivity contribution in [2.45, 2.75) is 83.2 Å². The molecular formula is C27H33N5O3. The maximum absolute atomic E-state index is 13.0. The van der Waals surface area contributed by atoms with Crippen molar-refractivity contribution in [3.05, 3.63) is 64.8 Å². The molecule has 2 amide bonds. The zero-order chi connectivity index (χ0) is 24.4. The number of rotatable bonds is 6. The molecule has 0 aliphatic heterocycles. The Hall–Kier alpha value is -3.42. The molecule has 8 nitrogen and oxygen atoms in total. The highest BCUT2D eigenvalue weighted by Gasteiger charge is 2.30. The molecule has 8 heteroatoms. The van der Waals surface area contributed by atoms with Gasteiger partial charge in [-0.1, -0.05) is 36.6 Å². The standard InChI is InChI=1S/C27H33N5O3/c1-17(2)32-23(14-15-28-32)26(33)30-21-12-13-24-22(16-21)25(31-35-24)27(34)29-20-10-8-19(9-11-20)18-6-4-3-5-7-18/h8-11,14-15,17-18,21H,3-7,12-13,16H2,1-2H3,(H,29,34)(H,30,33). The number of benzene rings is 1. The number of carbonyl (C=O) groups excluding carboxylic acids is 2. The van der Waals surface area contributed by atoms with E-state index in [4.69, 9.17) is 4.52 Å². The van der Waals surface area contributed by atoms with E-state index in [0.29, 0.717) is 30.1 Å². The third-order valence-corrected chi connectivity index (χ3v) is 7.23. The third-order valence-electron chi connectivity index (χ3n) is 7.23. The van der Waals surface area contributed by atoms with Crippen LogP contribution in [-0.4, -0.2) is 32.8 Å². The van der Waals surface area contributed by atoms with E-state index in [1.807, 2.05) is 26.0 Å². The van der Waals surface area contributed by atoms with Gasteiger partial charge in [0.25, 0.3) is 11.8 Å². The molecule has 5 rings (SSSR count). The van der Waals surface area contributed by atoms with Gasteiger partial charge in [-0.25, -0.2) is 0 Å². The molecule has 0 spiro atoms. The summed E-state index contributed by atoms with van der Waals surface area (Å²) >= 11 is 0. The molecule has 2 N–H and O–H groups in total. The largest absolute Gasteiger partial charge is 0.360 e. The Labute approximate surface area is 205 Å². The van der Waals surface area contributed by atoms with E-state index >= 15 is 0 Å². The molecule has 1 aromatic carbocycles. The van der Waals surface area contributed by atoms with Crippen LogP contribution < -0.4 is 10.6 Å². The van der Waals surface area contributed by atoms with Crippen LogP contribution in [0.25, 0.3) is 0 Å². The number of nitrogens with zero attached hydrogens (tertiary/aromatic N) is 3. The Kier molecular flexibility index (Phi) is 6.70. The molecular weight excluding hydrogens is 442 g/mol. The normalized spacial score (nSPS) is 18.3. The highest BCUT2D eigenvalue weighted by atomic mass is 16.5. The van der Waals surface area contributed by atoms with Crippen LogP contribution in [0.4, 0.5) is 5.69 Å². The number of hydrogen-bond donors (Lipinski definition) is 2. The zero-order valence-electron chi connectivity index (χ0n) is 20.4. The summed E-state index contributed by atoms with van der Waals surface area (Å²) in [5.74, 6) is 0.901. The van der Waals surface area contributed by atoms with Crippen molar-refractivity contribution in [1.82, 2.24) is 20.3 Å². The number of carbonyl (C=O) groups is 2. The molecule has 1 atom stereocenters. The Balaban J connectivity index is 1.24. The van der Waals surface area contributed by atoms with Crippen LogP contribution >= 0.6 is 0 Å². The molecule has 0 bridgehead atoms. The Morgan fingerprint density at radius 3 is 2.54 bits per heavy atom. The number of aryl methyl sites for hydroxylation is 1. The number of hydrogen-bond acceptors (Lipinski definition) is 5. The van der Waals surface area contributed by atoms with E-state index in [9.17, 15) is 9.59 Å². The molecule has 2 aliphatic carbocycles. The molecule has 0 radical (unpaired) electrons. The van der Waals surface area contributed by atoms with Crippen LogP contribution in [0.5, 0.6) is 0 Å². The van der Waals surface area contributed by atoms with Crippen molar-refractivity contribution in [1.29, 1.82) is 0 Å². The monoisotopic (exact) mass is 475 g/mol. The summed E-state index contributed by atoms with van der Waals surface area (Å²) in [5, 5.41) is 14.4. The first kappa shape index (κ1) is 23.3. The second kappa shape index (κ2) is 10.1. The summed E-state index contributed by atoms with van der Waals surface area (Å²) in [6, 6.07) is 9.89. The summed E-state index contributed by atoms with van der Waals surface area (Å²) in [7, 11) is 0. The quantitative estimate of drug-likeness (QED) is 0.520. The summed E-state index contributed by atoms with van der Waals surface area (Å²) < 4.78 is 7.19. The lowest BCUT2D eigenvalue weighted by molar-refractivity contribution is 0.0919. The van der Waals surface area contributed by atoms with Crippen LogP contribution in [0.15, 0.2) is 41.1 Å². The topological polar surface area (TPSA) is 102 Å². The lowest BCUT2D eigenvalue weighted by Gasteiger charge is -2.23. The van der Waals surface area contributed by atoms with Gasteiger partial charge in [0.05, 0.1) is 0 Å². The molecule has 2 aromatic heterocycles. The number of amides is 2. The van der Waals surface area contributed by atoms with Crippen molar-refractivity contribution in [3.8, 4) is 0 Å². The Morgan fingerprint density at radius 2 is 1.80 bits per heavy atom. The molecule has 184 valence electrons. The fourth-order valence-electron chi connectivity index (χ4n) is 5.34. The van der Waals surface area contributed by atoms with Gasteiger partial charge >= 0.3 is 0 Å².